The molecule has 0 bridgehead atoms. The van der Waals surface area contributed by atoms with Crippen LogP contribution in [0.3, 0.4) is 0 Å². The number of aromatic nitrogens is 2. The first-order valence-electron chi connectivity index (χ1n) is 7.95. The van der Waals surface area contributed by atoms with Gasteiger partial charge in [0.1, 0.15) is 0 Å². The van der Waals surface area contributed by atoms with Gasteiger partial charge in [-0.1, -0.05) is 52.8 Å². The molecule has 4 nitrogen and oxygen atoms in total. The average molecular weight is 414 g/mol. The van der Waals surface area contributed by atoms with Crippen LogP contribution in [0.25, 0.3) is 10.9 Å². The van der Waals surface area contributed by atoms with Crippen molar-refractivity contribution < 1.29 is 0 Å². The molecule has 0 aliphatic rings. The zero-order valence-corrected chi connectivity index (χ0v) is 16.1. The number of hydrogen-bond donors (Lipinski definition) is 0. The normalized spacial score (nSPS) is 10.8. The van der Waals surface area contributed by atoms with Crippen LogP contribution in [-0.4, -0.2) is 9.55 Å². The molecule has 0 spiro atoms. The van der Waals surface area contributed by atoms with Crippen molar-refractivity contribution in [1.29, 1.82) is 5.26 Å². The van der Waals surface area contributed by atoms with Gasteiger partial charge in [0.15, 0.2) is 5.16 Å². The molecule has 1 aromatic heterocycles. The van der Waals surface area contributed by atoms with Crippen molar-refractivity contribution >= 4 is 38.6 Å². The second kappa shape index (κ2) is 7.85. The average Bonchev–Trinajstić information content (AvgIpc) is 2.63. The molecule has 0 unspecified atom stereocenters. The van der Waals surface area contributed by atoms with Crippen molar-refractivity contribution in [3.63, 3.8) is 0 Å². The third-order valence-electron chi connectivity index (χ3n) is 3.82. The molecule has 0 atom stereocenters. The van der Waals surface area contributed by atoms with Gasteiger partial charge in [0.25, 0.3) is 5.56 Å². The van der Waals surface area contributed by atoms with Gasteiger partial charge in [-0.3, -0.25) is 9.36 Å². The first-order valence-corrected chi connectivity index (χ1v) is 9.72. The van der Waals surface area contributed by atoms with Crippen LogP contribution in [0.5, 0.6) is 0 Å². The Balaban J connectivity index is 2.03. The quantitative estimate of drug-likeness (QED) is 0.447. The molecule has 25 heavy (non-hydrogen) atoms. The highest BCUT2D eigenvalue weighted by atomic mass is 79.9. The van der Waals surface area contributed by atoms with Crippen LogP contribution in [0.4, 0.5) is 0 Å². The summed E-state index contributed by atoms with van der Waals surface area (Å²) in [4.78, 5) is 17.6. The van der Waals surface area contributed by atoms with Crippen LogP contribution < -0.4 is 5.56 Å². The van der Waals surface area contributed by atoms with E-state index in [1.807, 2.05) is 43.3 Å². The number of hydrogen-bond acceptors (Lipinski definition) is 4. The van der Waals surface area contributed by atoms with E-state index in [2.05, 4.69) is 27.0 Å². The first kappa shape index (κ1) is 17.7. The summed E-state index contributed by atoms with van der Waals surface area (Å²) in [6, 6.07) is 15.3. The smallest absolute Gasteiger partial charge is 0.262 e. The Morgan fingerprint density at radius 2 is 2.08 bits per heavy atom. The summed E-state index contributed by atoms with van der Waals surface area (Å²) in [5, 5.41) is 10.5. The Hall–Kier alpha value is -2.10. The van der Waals surface area contributed by atoms with Crippen LogP contribution >= 0.6 is 27.7 Å². The number of thioether (sulfide) groups is 1. The molecular weight excluding hydrogens is 398 g/mol. The molecule has 1 heterocycles. The Kier molecular flexibility index (Phi) is 5.57. The van der Waals surface area contributed by atoms with Crippen LogP contribution in [0.2, 0.25) is 0 Å². The van der Waals surface area contributed by atoms with Gasteiger partial charge in [-0.05, 0) is 36.2 Å². The van der Waals surface area contributed by atoms with Crippen molar-refractivity contribution in [2.75, 3.05) is 0 Å². The van der Waals surface area contributed by atoms with Crippen LogP contribution in [0.15, 0.2) is 56.9 Å². The SMILES string of the molecule is CCCn1c(SCc2ccccc2C#N)nc2ccc(Br)cc2c1=O. The predicted molar refractivity (Wildman–Crippen MR) is 105 cm³/mol. The highest BCUT2D eigenvalue weighted by molar-refractivity contribution is 9.10. The van der Waals surface area contributed by atoms with E-state index in [9.17, 15) is 10.1 Å². The van der Waals surface area contributed by atoms with Gasteiger partial charge in [-0.2, -0.15) is 5.26 Å². The fourth-order valence-corrected chi connectivity index (χ4v) is 3.99. The Morgan fingerprint density at radius 3 is 2.84 bits per heavy atom. The van der Waals surface area contributed by atoms with E-state index < -0.39 is 0 Å². The van der Waals surface area contributed by atoms with E-state index in [0.717, 1.165) is 16.5 Å². The molecule has 0 N–H and O–H groups in total. The summed E-state index contributed by atoms with van der Waals surface area (Å²) in [5.74, 6) is 0.599. The summed E-state index contributed by atoms with van der Waals surface area (Å²) < 4.78 is 2.60. The standard InChI is InChI=1S/C19H16BrN3OS/c1-2-9-23-18(24)16-10-15(20)7-8-17(16)22-19(23)25-12-14-6-4-3-5-13(14)11-21/h3-8,10H,2,9,12H2,1H3. The Bertz CT molecular complexity index is 1020. The highest BCUT2D eigenvalue weighted by Crippen LogP contribution is 2.25. The molecule has 2 aromatic carbocycles. The van der Waals surface area contributed by atoms with Crippen LogP contribution in [0, 0.1) is 11.3 Å². The predicted octanol–water partition coefficient (Wildman–Crippen LogP) is 4.73. The van der Waals surface area contributed by atoms with Crippen molar-refractivity contribution in [3.05, 3.63) is 68.4 Å². The minimum absolute atomic E-state index is 0.0239. The zero-order valence-electron chi connectivity index (χ0n) is 13.7. The van der Waals surface area contributed by atoms with Gasteiger partial charge in [-0.15, -0.1) is 0 Å². The molecule has 0 radical (unpaired) electrons. The molecule has 0 saturated heterocycles. The zero-order chi connectivity index (χ0) is 17.8. The summed E-state index contributed by atoms with van der Waals surface area (Å²) >= 11 is 4.91. The molecule has 0 aliphatic heterocycles. The van der Waals surface area contributed by atoms with Crippen molar-refractivity contribution in [3.8, 4) is 6.07 Å². The number of nitriles is 1. The van der Waals surface area contributed by atoms with E-state index in [4.69, 9.17) is 0 Å². The van der Waals surface area contributed by atoms with Crippen molar-refractivity contribution in [2.24, 2.45) is 0 Å². The van der Waals surface area contributed by atoms with E-state index >= 15 is 0 Å². The van der Waals surface area contributed by atoms with Gasteiger partial charge in [0.2, 0.25) is 0 Å². The van der Waals surface area contributed by atoms with Gasteiger partial charge in [-0.25, -0.2) is 4.98 Å². The number of fused-ring (bicyclic) bond motifs is 1. The van der Waals surface area contributed by atoms with Gasteiger partial charge in [0.05, 0.1) is 22.5 Å². The topological polar surface area (TPSA) is 58.7 Å². The van der Waals surface area contributed by atoms with E-state index in [-0.39, 0.29) is 5.56 Å². The molecule has 0 saturated carbocycles. The van der Waals surface area contributed by atoms with Crippen LogP contribution in [0.1, 0.15) is 24.5 Å². The maximum Gasteiger partial charge on any atom is 0.262 e. The van der Waals surface area contributed by atoms with E-state index in [0.29, 0.717) is 33.9 Å². The molecular formula is C19H16BrN3OS. The lowest BCUT2D eigenvalue weighted by Crippen LogP contribution is -2.23. The van der Waals surface area contributed by atoms with Crippen LogP contribution in [-0.2, 0) is 12.3 Å². The second-order valence-electron chi connectivity index (χ2n) is 5.57. The molecule has 3 aromatic rings. The third-order valence-corrected chi connectivity index (χ3v) is 5.34. The molecule has 0 fully saturated rings. The van der Waals surface area contributed by atoms with Crippen molar-refractivity contribution in [1.82, 2.24) is 9.55 Å². The molecule has 3 rings (SSSR count). The number of rotatable bonds is 5. The molecule has 126 valence electrons. The Labute approximate surface area is 158 Å². The summed E-state index contributed by atoms with van der Waals surface area (Å²) in [5.41, 5.74) is 2.27. The van der Waals surface area contributed by atoms with Gasteiger partial charge in [0, 0.05) is 16.8 Å². The maximum absolute atomic E-state index is 12.9. The van der Waals surface area contributed by atoms with Crippen molar-refractivity contribution in [2.45, 2.75) is 30.8 Å². The lowest BCUT2D eigenvalue weighted by atomic mass is 10.1. The number of benzene rings is 2. The fourth-order valence-electron chi connectivity index (χ4n) is 2.60. The summed E-state index contributed by atoms with van der Waals surface area (Å²) in [6.45, 7) is 2.66. The van der Waals surface area contributed by atoms with E-state index in [1.54, 1.807) is 10.6 Å². The summed E-state index contributed by atoms with van der Waals surface area (Å²) in [6.07, 6.45) is 0.851. The first-order chi connectivity index (χ1) is 12.1. The summed E-state index contributed by atoms with van der Waals surface area (Å²) in [7, 11) is 0. The number of halogens is 1. The van der Waals surface area contributed by atoms with Gasteiger partial charge >= 0.3 is 0 Å². The largest absolute Gasteiger partial charge is 0.287 e. The number of nitrogens with zero attached hydrogens (tertiary/aromatic N) is 3. The minimum atomic E-state index is -0.0239. The lowest BCUT2D eigenvalue weighted by Gasteiger charge is -2.12. The maximum atomic E-state index is 12.9. The lowest BCUT2D eigenvalue weighted by molar-refractivity contribution is 0.584. The monoisotopic (exact) mass is 413 g/mol. The second-order valence-corrected chi connectivity index (χ2v) is 7.43. The molecule has 0 amide bonds. The Morgan fingerprint density at radius 1 is 1.28 bits per heavy atom. The highest BCUT2D eigenvalue weighted by Gasteiger charge is 2.12. The fraction of sp³-hybridized carbons (Fsp3) is 0.211. The third kappa shape index (κ3) is 3.78. The minimum Gasteiger partial charge on any atom is -0.287 e. The molecule has 0 aliphatic carbocycles. The van der Waals surface area contributed by atoms with E-state index in [1.165, 1.54) is 11.8 Å². The molecule has 6 heteroatoms. The van der Waals surface area contributed by atoms with Gasteiger partial charge < -0.3 is 0 Å².